The fourth-order valence-electron chi connectivity index (χ4n) is 2.84. The van der Waals surface area contributed by atoms with Crippen LogP contribution in [-0.2, 0) is 9.53 Å². The minimum absolute atomic E-state index is 0.0697. The van der Waals surface area contributed by atoms with Crippen LogP contribution in [0.5, 0.6) is 11.5 Å². The molecule has 0 spiro atoms. The van der Waals surface area contributed by atoms with Crippen LogP contribution in [0.25, 0.3) is 10.1 Å². The smallest absolute Gasteiger partial charge is 0.350 e. The average molecular weight is 432 g/mol. The summed E-state index contributed by atoms with van der Waals surface area (Å²) < 4.78 is 16.4. The van der Waals surface area contributed by atoms with E-state index in [1.807, 2.05) is 0 Å². The van der Waals surface area contributed by atoms with Crippen molar-refractivity contribution in [3.8, 4) is 11.5 Å². The number of hydrogen-bond donors (Lipinski definition) is 1. The monoisotopic (exact) mass is 431 g/mol. The second kappa shape index (κ2) is 7.73. The molecule has 0 atom stereocenters. The number of ketones is 1. The number of methoxy groups -OCH3 is 1. The molecular formula is C20H14ClNO6S. The number of benzene rings is 2. The maximum Gasteiger partial charge on any atom is 0.350 e. The zero-order chi connectivity index (χ0) is 20.5. The summed E-state index contributed by atoms with van der Waals surface area (Å²) in [6.45, 7) is -0.528. The van der Waals surface area contributed by atoms with Gasteiger partial charge in [-0.2, -0.15) is 0 Å². The van der Waals surface area contributed by atoms with Gasteiger partial charge in [0.25, 0.3) is 5.91 Å². The Hall–Kier alpha value is -3.10. The first kappa shape index (κ1) is 19.2. The number of carbonyl (C=O) groups excluding carboxylic acids is 3. The van der Waals surface area contributed by atoms with Crippen molar-refractivity contribution < 1.29 is 28.6 Å². The van der Waals surface area contributed by atoms with Crippen LogP contribution in [0.2, 0.25) is 5.02 Å². The van der Waals surface area contributed by atoms with Crippen molar-refractivity contribution in [2.24, 2.45) is 0 Å². The predicted molar refractivity (Wildman–Crippen MR) is 109 cm³/mol. The van der Waals surface area contributed by atoms with Gasteiger partial charge in [0.15, 0.2) is 19.0 Å². The first-order valence-electron chi connectivity index (χ1n) is 8.49. The maximum atomic E-state index is 12.4. The zero-order valence-electron chi connectivity index (χ0n) is 15.1. The van der Waals surface area contributed by atoms with Gasteiger partial charge in [-0.05, 0) is 36.4 Å². The van der Waals surface area contributed by atoms with E-state index < -0.39 is 18.4 Å². The third-order valence-electron chi connectivity index (χ3n) is 4.29. The molecular weight excluding hydrogens is 418 g/mol. The highest BCUT2D eigenvalue weighted by molar-refractivity contribution is 7.21. The van der Waals surface area contributed by atoms with E-state index in [2.05, 4.69) is 5.32 Å². The van der Waals surface area contributed by atoms with Crippen LogP contribution in [0.15, 0.2) is 36.4 Å². The van der Waals surface area contributed by atoms with Gasteiger partial charge < -0.3 is 19.5 Å². The molecule has 0 fully saturated rings. The van der Waals surface area contributed by atoms with Crippen molar-refractivity contribution >= 4 is 56.4 Å². The molecule has 1 amide bonds. The summed E-state index contributed by atoms with van der Waals surface area (Å²) in [6.07, 6.45) is 0. The van der Waals surface area contributed by atoms with Crippen molar-refractivity contribution in [3.63, 3.8) is 0 Å². The first-order valence-corrected chi connectivity index (χ1v) is 9.69. The molecule has 0 radical (unpaired) electrons. The molecule has 0 unspecified atom stereocenters. The summed E-state index contributed by atoms with van der Waals surface area (Å²) in [5, 5.41) is 3.61. The Morgan fingerprint density at radius 1 is 1.24 bits per heavy atom. The van der Waals surface area contributed by atoms with Crippen LogP contribution in [-0.4, -0.2) is 38.0 Å². The second-order valence-corrected chi connectivity index (χ2v) is 7.58. The summed E-state index contributed by atoms with van der Waals surface area (Å²) in [4.78, 5) is 36.5. The van der Waals surface area contributed by atoms with Crippen LogP contribution in [0, 0.1) is 0 Å². The van der Waals surface area contributed by atoms with Gasteiger partial charge in [0.2, 0.25) is 0 Å². The van der Waals surface area contributed by atoms with Crippen molar-refractivity contribution in [2.75, 3.05) is 25.6 Å². The van der Waals surface area contributed by atoms with Gasteiger partial charge >= 0.3 is 5.97 Å². The van der Waals surface area contributed by atoms with E-state index in [-0.39, 0.29) is 28.0 Å². The van der Waals surface area contributed by atoms with Crippen molar-refractivity contribution in [1.29, 1.82) is 0 Å². The summed E-state index contributed by atoms with van der Waals surface area (Å²) in [5.74, 6) is -0.276. The third kappa shape index (κ3) is 3.76. The fourth-order valence-corrected chi connectivity index (χ4v) is 4.27. The lowest BCUT2D eigenvalue weighted by Gasteiger charge is -2.18. The summed E-state index contributed by atoms with van der Waals surface area (Å²) in [6, 6.07) is 9.90. The molecule has 9 heteroatoms. The van der Waals surface area contributed by atoms with Gasteiger partial charge in [-0.1, -0.05) is 11.6 Å². The van der Waals surface area contributed by atoms with Crippen LogP contribution in [0.3, 0.4) is 0 Å². The Morgan fingerprint density at radius 3 is 2.86 bits per heavy atom. The largest absolute Gasteiger partial charge is 0.497 e. The quantitative estimate of drug-likeness (QED) is 0.486. The molecule has 2 heterocycles. The summed E-state index contributed by atoms with van der Waals surface area (Å²) in [7, 11) is 1.55. The number of amides is 1. The number of halogens is 1. The molecule has 7 nitrogen and oxygen atoms in total. The summed E-state index contributed by atoms with van der Waals surface area (Å²) >= 11 is 7.47. The molecule has 2 aromatic carbocycles. The van der Waals surface area contributed by atoms with Crippen molar-refractivity contribution in [2.45, 2.75) is 0 Å². The van der Waals surface area contributed by atoms with Gasteiger partial charge in [0.05, 0.1) is 17.8 Å². The highest BCUT2D eigenvalue weighted by atomic mass is 35.5. The topological polar surface area (TPSA) is 90.9 Å². The first-order chi connectivity index (χ1) is 14.0. The van der Waals surface area contributed by atoms with Crippen LogP contribution < -0.4 is 14.8 Å². The maximum absolute atomic E-state index is 12.4. The molecule has 1 N–H and O–H groups in total. The number of thiophene rings is 1. The predicted octanol–water partition coefficient (Wildman–Crippen LogP) is 3.93. The molecule has 1 aliphatic rings. The lowest BCUT2D eigenvalue weighted by Crippen LogP contribution is -2.25. The molecule has 29 heavy (non-hydrogen) atoms. The van der Waals surface area contributed by atoms with E-state index in [0.29, 0.717) is 22.6 Å². The highest BCUT2D eigenvalue weighted by Crippen LogP contribution is 2.37. The molecule has 0 saturated heterocycles. The molecule has 3 aromatic rings. The second-order valence-electron chi connectivity index (χ2n) is 6.15. The van der Waals surface area contributed by atoms with Crippen LogP contribution in [0.4, 0.5) is 5.69 Å². The molecule has 0 aliphatic carbocycles. The average Bonchev–Trinajstić information content (AvgIpc) is 3.07. The summed E-state index contributed by atoms with van der Waals surface area (Å²) in [5.41, 5.74) is 0.689. The highest BCUT2D eigenvalue weighted by Gasteiger charge is 2.21. The zero-order valence-corrected chi connectivity index (χ0v) is 16.7. The minimum atomic E-state index is -0.682. The number of ether oxygens (including phenoxy) is 3. The van der Waals surface area contributed by atoms with Crippen LogP contribution >= 0.6 is 22.9 Å². The third-order valence-corrected chi connectivity index (χ3v) is 5.93. The molecule has 0 saturated carbocycles. The normalized spacial score (nSPS) is 12.7. The standard InChI is InChI=1S/C20H14ClNO6S/c1-26-11-3-4-12-16(7-11)29-19(18(12)21)20(25)28-8-14(23)10-2-5-15-13(6-10)22-17(24)9-27-15/h2-7H,8-9H2,1H3,(H,22,24). The fraction of sp³-hybridized carbons (Fsp3) is 0.150. The van der Waals surface area contributed by atoms with Crippen LogP contribution in [0.1, 0.15) is 20.0 Å². The number of anilines is 1. The van der Waals surface area contributed by atoms with Gasteiger partial charge in [0.1, 0.15) is 16.4 Å². The number of nitrogens with one attached hydrogen (secondary N) is 1. The van der Waals surface area contributed by atoms with Gasteiger partial charge in [-0.15, -0.1) is 11.3 Å². The van der Waals surface area contributed by atoms with Crippen molar-refractivity contribution in [1.82, 2.24) is 0 Å². The Morgan fingerprint density at radius 2 is 2.07 bits per heavy atom. The Balaban J connectivity index is 1.48. The molecule has 148 valence electrons. The van der Waals surface area contributed by atoms with E-state index in [4.69, 9.17) is 25.8 Å². The van der Waals surface area contributed by atoms with Crippen molar-refractivity contribution in [3.05, 3.63) is 51.9 Å². The Bertz CT molecular complexity index is 1160. The number of carbonyl (C=O) groups is 3. The number of Topliss-reactive ketones (excluding diaryl/α,β-unsaturated/α-hetero) is 1. The number of hydrogen-bond acceptors (Lipinski definition) is 7. The SMILES string of the molecule is COc1ccc2c(Cl)c(C(=O)OCC(=O)c3ccc4c(c3)NC(=O)CO4)sc2c1. The van der Waals surface area contributed by atoms with E-state index in [1.165, 1.54) is 17.4 Å². The Kier molecular flexibility index (Phi) is 5.12. The number of rotatable bonds is 5. The Labute approximate surface area is 174 Å². The minimum Gasteiger partial charge on any atom is -0.497 e. The molecule has 1 aliphatic heterocycles. The molecule has 1 aromatic heterocycles. The van der Waals surface area contributed by atoms with E-state index in [1.54, 1.807) is 37.4 Å². The lowest BCUT2D eigenvalue weighted by atomic mass is 10.1. The number of esters is 1. The number of fused-ring (bicyclic) bond motifs is 2. The van der Waals surface area contributed by atoms with Gasteiger partial charge in [-0.3, -0.25) is 9.59 Å². The van der Waals surface area contributed by atoms with E-state index in [0.717, 1.165) is 4.70 Å². The van der Waals surface area contributed by atoms with Gasteiger partial charge in [0, 0.05) is 15.6 Å². The van der Waals surface area contributed by atoms with Gasteiger partial charge in [-0.25, -0.2) is 4.79 Å². The van der Waals surface area contributed by atoms with E-state index >= 15 is 0 Å². The lowest BCUT2D eigenvalue weighted by molar-refractivity contribution is -0.118. The van der Waals surface area contributed by atoms with E-state index in [9.17, 15) is 14.4 Å². The molecule has 0 bridgehead atoms. The molecule has 4 rings (SSSR count).